The fraction of sp³-hybridized carbons (Fsp3) is 0.182. The van der Waals surface area contributed by atoms with Crippen LogP contribution in [0.3, 0.4) is 0 Å². The highest BCUT2D eigenvalue weighted by atomic mass is 35.5. The van der Waals surface area contributed by atoms with Crippen molar-refractivity contribution in [3.05, 3.63) is 28.8 Å². The molecule has 0 aliphatic rings. The molecule has 0 spiro atoms. The van der Waals surface area contributed by atoms with Gasteiger partial charge < -0.3 is 15.2 Å². The normalized spacial score (nSPS) is 10.4. The van der Waals surface area contributed by atoms with E-state index in [0.717, 1.165) is 0 Å². The van der Waals surface area contributed by atoms with Crippen LogP contribution in [0.4, 0.5) is 0 Å². The van der Waals surface area contributed by atoms with Crippen LogP contribution in [-0.4, -0.2) is 20.1 Å². The molecule has 2 N–H and O–H groups in total. The van der Waals surface area contributed by atoms with Crippen molar-refractivity contribution in [2.45, 2.75) is 0 Å². The number of hydrogen-bond acceptors (Lipinski definition) is 3. The molecule has 0 saturated carbocycles. The Bertz CT molecular complexity index is 429. The summed E-state index contributed by atoms with van der Waals surface area (Å²) in [4.78, 5) is 10.6. The lowest BCUT2D eigenvalue weighted by Crippen LogP contribution is -2.05. The first-order valence-electron chi connectivity index (χ1n) is 4.48. The lowest BCUT2D eigenvalue weighted by atomic mass is 10.2. The summed E-state index contributed by atoms with van der Waals surface area (Å²) in [5.74, 6) is 0.422. The van der Waals surface area contributed by atoms with Gasteiger partial charge in [-0.3, -0.25) is 4.79 Å². The number of nitrogens with two attached hydrogens (primary N) is 1. The summed E-state index contributed by atoms with van der Waals surface area (Å²) in [6.45, 7) is 0. The number of amides is 1. The van der Waals surface area contributed by atoms with E-state index in [1.54, 1.807) is 12.1 Å². The van der Waals surface area contributed by atoms with Gasteiger partial charge in [0, 0.05) is 6.08 Å². The van der Waals surface area contributed by atoms with Crippen molar-refractivity contribution in [2.75, 3.05) is 14.2 Å². The molecule has 0 saturated heterocycles. The highest BCUT2D eigenvalue weighted by Gasteiger charge is 2.11. The van der Waals surface area contributed by atoms with E-state index in [0.29, 0.717) is 22.1 Å². The molecule has 4 nitrogen and oxygen atoms in total. The molecule has 1 aromatic rings. The van der Waals surface area contributed by atoms with E-state index in [9.17, 15) is 4.79 Å². The Morgan fingerprint density at radius 3 is 2.56 bits per heavy atom. The number of rotatable bonds is 4. The largest absolute Gasteiger partial charge is 0.493 e. The Hall–Kier alpha value is -1.68. The number of benzene rings is 1. The fourth-order valence-electron chi connectivity index (χ4n) is 1.21. The number of ether oxygens (including phenoxy) is 2. The maximum Gasteiger partial charge on any atom is 0.241 e. The second-order valence-corrected chi connectivity index (χ2v) is 3.32. The van der Waals surface area contributed by atoms with Crippen LogP contribution in [0.15, 0.2) is 18.2 Å². The van der Waals surface area contributed by atoms with Crippen LogP contribution in [0.1, 0.15) is 5.56 Å². The number of primary amides is 1. The first-order valence-corrected chi connectivity index (χ1v) is 4.86. The highest BCUT2D eigenvalue weighted by Crippen LogP contribution is 2.37. The maximum absolute atomic E-state index is 10.6. The van der Waals surface area contributed by atoms with E-state index >= 15 is 0 Å². The Morgan fingerprint density at radius 1 is 1.38 bits per heavy atom. The maximum atomic E-state index is 10.6. The standard InChI is InChI=1S/C11H12ClNO3/c1-15-8-5-3-7(4-6-9(13)14)10(12)11(8)16-2/h3-6H,1-2H3,(H2,13,14). The highest BCUT2D eigenvalue weighted by molar-refractivity contribution is 6.33. The third kappa shape index (κ3) is 2.67. The smallest absolute Gasteiger partial charge is 0.241 e. The first kappa shape index (κ1) is 12.4. The molecule has 0 radical (unpaired) electrons. The van der Waals surface area contributed by atoms with Crippen molar-refractivity contribution in [3.63, 3.8) is 0 Å². The zero-order valence-corrected chi connectivity index (χ0v) is 9.75. The summed E-state index contributed by atoms with van der Waals surface area (Å²) in [6, 6.07) is 3.41. The fourth-order valence-corrected chi connectivity index (χ4v) is 1.50. The summed E-state index contributed by atoms with van der Waals surface area (Å²) in [5, 5.41) is 0.374. The van der Waals surface area contributed by atoms with Gasteiger partial charge in [0.05, 0.1) is 19.2 Å². The molecule has 0 unspecified atom stereocenters. The van der Waals surface area contributed by atoms with Gasteiger partial charge in [0.2, 0.25) is 5.91 Å². The number of halogens is 1. The van der Waals surface area contributed by atoms with E-state index in [2.05, 4.69) is 0 Å². The van der Waals surface area contributed by atoms with Gasteiger partial charge in [0.1, 0.15) is 0 Å². The minimum absolute atomic E-state index is 0.374. The van der Waals surface area contributed by atoms with E-state index in [1.807, 2.05) is 0 Å². The minimum Gasteiger partial charge on any atom is -0.493 e. The van der Waals surface area contributed by atoms with Gasteiger partial charge in [-0.1, -0.05) is 11.6 Å². The van der Waals surface area contributed by atoms with Crippen LogP contribution in [0.2, 0.25) is 5.02 Å². The van der Waals surface area contributed by atoms with Crippen LogP contribution >= 0.6 is 11.6 Å². The van der Waals surface area contributed by atoms with Crippen molar-refractivity contribution in [1.82, 2.24) is 0 Å². The predicted molar refractivity (Wildman–Crippen MR) is 62.8 cm³/mol. The zero-order valence-electron chi connectivity index (χ0n) is 8.99. The number of carbonyl (C=O) groups is 1. The molecule has 5 heteroatoms. The predicted octanol–water partition coefficient (Wildman–Crippen LogP) is 1.86. The van der Waals surface area contributed by atoms with Crippen molar-refractivity contribution in [3.8, 4) is 11.5 Å². The molecule has 1 aromatic carbocycles. The molecule has 1 amide bonds. The SMILES string of the molecule is COc1ccc(C=CC(N)=O)c(Cl)c1OC. The van der Waals surface area contributed by atoms with Crippen molar-refractivity contribution in [2.24, 2.45) is 5.73 Å². The average Bonchev–Trinajstić information content (AvgIpc) is 2.26. The Kier molecular flexibility index (Phi) is 4.19. The van der Waals surface area contributed by atoms with Crippen LogP contribution < -0.4 is 15.2 Å². The molecule has 0 heterocycles. The van der Waals surface area contributed by atoms with Gasteiger partial charge >= 0.3 is 0 Å². The topological polar surface area (TPSA) is 61.5 Å². The van der Waals surface area contributed by atoms with Crippen molar-refractivity contribution >= 4 is 23.6 Å². The van der Waals surface area contributed by atoms with E-state index < -0.39 is 5.91 Å². The molecule has 0 aliphatic heterocycles. The van der Waals surface area contributed by atoms with E-state index in [1.165, 1.54) is 26.4 Å². The van der Waals surface area contributed by atoms with Gasteiger partial charge in [-0.05, 0) is 23.8 Å². The van der Waals surface area contributed by atoms with Crippen LogP contribution in [0.5, 0.6) is 11.5 Å². The third-order valence-electron chi connectivity index (χ3n) is 1.94. The lowest BCUT2D eigenvalue weighted by molar-refractivity contribution is -0.113. The molecular formula is C11H12ClNO3. The summed E-state index contributed by atoms with van der Waals surface area (Å²) < 4.78 is 10.2. The number of hydrogen-bond donors (Lipinski definition) is 1. The number of methoxy groups -OCH3 is 2. The second kappa shape index (κ2) is 5.42. The monoisotopic (exact) mass is 241 g/mol. The molecule has 0 atom stereocenters. The molecule has 0 aromatic heterocycles. The Labute approximate surface area is 98.6 Å². The summed E-state index contributed by atoms with van der Waals surface area (Å²) >= 11 is 6.07. The van der Waals surface area contributed by atoms with Crippen molar-refractivity contribution in [1.29, 1.82) is 0 Å². The molecule has 0 aliphatic carbocycles. The Morgan fingerprint density at radius 2 is 2.06 bits per heavy atom. The first-order chi connectivity index (χ1) is 7.60. The molecule has 1 rings (SSSR count). The number of carbonyl (C=O) groups excluding carboxylic acids is 1. The Balaban J connectivity index is 3.18. The van der Waals surface area contributed by atoms with E-state index in [4.69, 9.17) is 26.8 Å². The molecule has 16 heavy (non-hydrogen) atoms. The van der Waals surface area contributed by atoms with Gasteiger partial charge in [-0.15, -0.1) is 0 Å². The summed E-state index contributed by atoms with van der Waals surface area (Å²) in [7, 11) is 3.01. The average molecular weight is 242 g/mol. The summed E-state index contributed by atoms with van der Waals surface area (Å²) in [5.41, 5.74) is 5.63. The van der Waals surface area contributed by atoms with Gasteiger partial charge in [0.25, 0.3) is 0 Å². The third-order valence-corrected chi connectivity index (χ3v) is 2.33. The van der Waals surface area contributed by atoms with Gasteiger partial charge in [-0.2, -0.15) is 0 Å². The van der Waals surface area contributed by atoms with E-state index in [-0.39, 0.29) is 0 Å². The second-order valence-electron chi connectivity index (χ2n) is 2.94. The minimum atomic E-state index is -0.536. The van der Waals surface area contributed by atoms with Crippen LogP contribution in [0.25, 0.3) is 6.08 Å². The lowest BCUT2D eigenvalue weighted by Gasteiger charge is -2.10. The molecule has 0 bridgehead atoms. The molecular weight excluding hydrogens is 230 g/mol. The van der Waals surface area contributed by atoms with Crippen molar-refractivity contribution < 1.29 is 14.3 Å². The van der Waals surface area contributed by atoms with Crippen LogP contribution in [0, 0.1) is 0 Å². The zero-order chi connectivity index (χ0) is 12.1. The molecule has 86 valence electrons. The molecule has 0 fully saturated rings. The van der Waals surface area contributed by atoms with Gasteiger partial charge in [-0.25, -0.2) is 0 Å². The summed E-state index contributed by atoms with van der Waals surface area (Å²) in [6.07, 6.45) is 2.75. The van der Waals surface area contributed by atoms with Gasteiger partial charge in [0.15, 0.2) is 11.5 Å². The van der Waals surface area contributed by atoms with Crippen LogP contribution in [-0.2, 0) is 4.79 Å². The quantitative estimate of drug-likeness (QED) is 0.819.